The summed E-state index contributed by atoms with van der Waals surface area (Å²) < 4.78 is 0. The molecule has 2 aliphatic rings. The van der Waals surface area contributed by atoms with Gasteiger partial charge in [0.2, 0.25) is 0 Å². The van der Waals surface area contributed by atoms with Crippen molar-refractivity contribution >= 4 is 23.8 Å². The lowest BCUT2D eigenvalue weighted by molar-refractivity contribution is -0.141. The Hall–Kier alpha value is -0.950. The highest BCUT2D eigenvalue weighted by Crippen LogP contribution is 2.30. The SMILES string of the molecule is CC(C)N1CCN(C(=O)N2C(C)SCC2C(=O)O)CC1. The smallest absolute Gasteiger partial charge is 0.327 e. The van der Waals surface area contributed by atoms with E-state index in [1.54, 1.807) is 4.90 Å². The van der Waals surface area contributed by atoms with Gasteiger partial charge in [-0.1, -0.05) is 0 Å². The van der Waals surface area contributed by atoms with Gasteiger partial charge in [-0.15, -0.1) is 11.8 Å². The second-order valence-corrected chi connectivity index (χ2v) is 6.94. The molecule has 0 radical (unpaired) electrons. The monoisotopic (exact) mass is 301 g/mol. The van der Waals surface area contributed by atoms with Gasteiger partial charge in [0.1, 0.15) is 6.04 Å². The minimum Gasteiger partial charge on any atom is -0.480 e. The standard InChI is InChI=1S/C13H23N3O3S/c1-9(2)14-4-6-15(7-5-14)13(19)16-10(3)20-8-11(16)12(17)18/h9-11H,4-8H2,1-3H3,(H,17,18). The summed E-state index contributed by atoms with van der Waals surface area (Å²) in [6.07, 6.45) is 0. The van der Waals surface area contributed by atoms with E-state index in [1.807, 2.05) is 6.92 Å². The van der Waals surface area contributed by atoms with Gasteiger partial charge >= 0.3 is 12.0 Å². The lowest BCUT2D eigenvalue weighted by Gasteiger charge is -2.39. The summed E-state index contributed by atoms with van der Waals surface area (Å²) in [5.41, 5.74) is 0. The van der Waals surface area contributed by atoms with Gasteiger partial charge in [0.05, 0.1) is 5.37 Å². The summed E-state index contributed by atoms with van der Waals surface area (Å²) in [5, 5.41) is 9.17. The molecule has 1 N–H and O–H groups in total. The molecule has 20 heavy (non-hydrogen) atoms. The lowest BCUT2D eigenvalue weighted by Crippen LogP contribution is -2.57. The van der Waals surface area contributed by atoms with E-state index in [4.69, 9.17) is 0 Å². The number of hydrogen-bond donors (Lipinski definition) is 1. The number of carboxylic acids is 1. The molecule has 2 saturated heterocycles. The highest BCUT2D eigenvalue weighted by atomic mass is 32.2. The molecule has 6 nitrogen and oxygen atoms in total. The maximum Gasteiger partial charge on any atom is 0.327 e. The summed E-state index contributed by atoms with van der Waals surface area (Å²) in [7, 11) is 0. The fourth-order valence-electron chi connectivity index (χ4n) is 2.72. The van der Waals surface area contributed by atoms with Crippen molar-refractivity contribution in [2.24, 2.45) is 0 Å². The fourth-order valence-corrected chi connectivity index (χ4v) is 3.88. The Morgan fingerprint density at radius 2 is 1.80 bits per heavy atom. The Morgan fingerprint density at radius 3 is 2.30 bits per heavy atom. The number of piperazine rings is 1. The van der Waals surface area contributed by atoms with Crippen molar-refractivity contribution in [2.45, 2.75) is 38.2 Å². The maximum absolute atomic E-state index is 12.6. The molecule has 2 heterocycles. The molecule has 0 aromatic carbocycles. The van der Waals surface area contributed by atoms with Crippen molar-refractivity contribution in [2.75, 3.05) is 31.9 Å². The Balaban J connectivity index is 1.99. The molecule has 114 valence electrons. The topological polar surface area (TPSA) is 64.1 Å². The molecule has 2 fully saturated rings. The van der Waals surface area contributed by atoms with E-state index in [-0.39, 0.29) is 11.4 Å². The molecule has 0 aliphatic carbocycles. The predicted molar refractivity (Wildman–Crippen MR) is 78.9 cm³/mol. The van der Waals surface area contributed by atoms with E-state index in [9.17, 15) is 14.7 Å². The van der Waals surface area contributed by atoms with Crippen molar-refractivity contribution in [1.29, 1.82) is 0 Å². The van der Waals surface area contributed by atoms with E-state index < -0.39 is 12.0 Å². The van der Waals surface area contributed by atoms with E-state index in [0.717, 1.165) is 13.1 Å². The van der Waals surface area contributed by atoms with Crippen molar-refractivity contribution in [3.63, 3.8) is 0 Å². The first kappa shape index (κ1) is 15.4. The number of aliphatic carboxylic acids is 1. The van der Waals surface area contributed by atoms with Crippen LogP contribution in [0.25, 0.3) is 0 Å². The summed E-state index contributed by atoms with van der Waals surface area (Å²) >= 11 is 1.53. The minimum absolute atomic E-state index is 0.0632. The number of urea groups is 1. The molecule has 0 aromatic rings. The lowest BCUT2D eigenvalue weighted by atomic mass is 10.2. The van der Waals surface area contributed by atoms with Crippen LogP contribution in [0.1, 0.15) is 20.8 Å². The van der Waals surface area contributed by atoms with E-state index in [2.05, 4.69) is 18.7 Å². The maximum atomic E-state index is 12.6. The van der Waals surface area contributed by atoms with Crippen LogP contribution in [0.4, 0.5) is 4.79 Å². The molecule has 2 amide bonds. The Morgan fingerprint density at radius 1 is 1.20 bits per heavy atom. The van der Waals surface area contributed by atoms with Gasteiger partial charge < -0.3 is 10.0 Å². The average molecular weight is 301 g/mol. The third-order valence-corrected chi connectivity index (χ3v) is 5.26. The fraction of sp³-hybridized carbons (Fsp3) is 0.846. The number of hydrogen-bond acceptors (Lipinski definition) is 4. The summed E-state index contributed by atoms with van der Waals surface area (Å²) in [6.45, 7) is 9.27. The third kappa shape index (κ3) is 3.03. The molecular formula is C13H23N3O3S. The van der Waals surface area contributed by atoms with Crippen molar-refractivity contribution in [3.8, 4) is 0 Å². The van der Waals surface area contributed by atoms with Gasteiger partial charge in [0.15, 0.2) is 0 Å². The summed E-state index contributed by atoms with van der Waals surface area (Å²) in [6, 6.07) is -0.329. The van der Waals surface area contributed by atoms with Gasteiger partial charge in [0.25, 0.3) is 0 Å². The molecular weight excluding hydrogens is 278 g/mol. The molecule has 0 saturated carbocycles. The van der Waals surface area contributed by atoms with Gasteiger partial charge in [-0.05, 0) is 20.8 Å². The van der Waals surface area contributed by atoms with E-state index in [0.29, 0.717) is 24.9 Å². The van der Waals surface area contributed by atoms with Crippen LogP contribution in [-0.4, -0.2) is 81.2 Å². The number of carbonyl (C=O) groups is 2. The zero-order valence-corrected chi connectivity index (χ0v) is 13.1. The van der Waals surface area contributed by atoms with Crippen LogP contribution in [0.3, 0.4) is 0 Å². The first-order valence-corrected chi connectivity index (χ1v) is 8.12. The highest BCUT2D eigenvalue weighted by molar-refractivity contribution is 8.00. The van der Waals surface area contributed by atoms with Crippen molar-refractivity contribution in [1.82, 2.24) is 14.7 Å². The number of thioether (sulfide) groups is 1. The Bertz CT molecular complexity index is 383. The second kappa shape index (κ2) is 6.22. The minimum atomic E-state index is -0.906. The van der Waals surface area contributed by atoms with Crippen LogP contribution in [0.2, 0.25) is 0 Å². The molecule has 2 rings (SSSR count). The highest BCUT2D eigenvalue weighted by Gasteiger charge is 2.41. The molecule has 2 atom stereocenters. The largest absolute Gasteiger partial charge is 0.480 e. The van der Waals surface area contributed by atoms with Gasteiger partial charge in [-0.25, -0.2) is 9.59 Å². The number of carboxylic acid groups (broad SMARTS) is 1. The molecule has 2 aliphatic heterocycles. The zero-order chi connectivity index (χ0) is 14.9. The molecule has 0 bridgehead atoms. The molecule has 7 heteroatoms. The Labute approximate surface area is 124 Å². The molecule has 0 spiro atoms. The van der Waals surface area contributed by atoms with Crippen LogP contribution in [0.5, 0.6) is 0 Å². The number of carbonyl (C=O) groups excluding carboxylic acids is 1. The molecule has 2 unspecified atom stereocenters. The third-order valence-electron chi connectivity index (χ3n) is 4.04. The van der Waals surface area contributed by atoms with Crippen LogP contribution >= 0.6 is 11.8 Å². The van der Waals surface area contributed by atoms with Crippen molar-refractivity contribution < 1.29 is 14.7 Å². The summed E-state index contributed by atoms with van der Waals surface area (Å²) in [5.74, 6) is -0.426. The van der Waals surface area contributed by atoms with Crippen LogP contribution < -0.4 is 0 Å². The van der Waals surface area contributed by atoms with Gasteiger partial charge in [0, 0.05) is 38.0 Å². The van der Waals surface area contributed by atoms with Crippen LogP contribution in [-0.2, 0) is 4.79 Å². The van der Waals surface area contributed by atoms with Crippen LogP contribution in [0.15, 0.2) is 0 Å². The first-order chi connectivity index (χ1) is 9.41. The Kier molecular flexibility index (Phi) is 4.80. The van der Waals surface area contributed by atoms with E-state index in [1.165, 1.54) is 16.7 Å². The quantitative estimate of drug-likeness (QED) is 0.824. The number of amides is 2. The van der Waals surface area contributed by atoms with Crippen LogP contribution in [0, 0.1) is 0 Å². The number of nitrogens with zero attached hydrogens (tertiary/aromatic N) is 3. The first-order valence-electron chi connectivity index (χ1n) is 7.07. The number of rotatable bonds is 2. The predicted octanol–water partition coefficient (Wildman–Crippen LogP) is 0.980. The zero-order valence-electron chi connectivity index (χ0n) is 12.3. The summed E-state index contributed by atoms with van der Waals surface area (Å²) in [4.78, 5) is 29.5. The van der Waals surface area contributed by atoms with Crippen molar-refractivity contribution in [3.05, 3.63) is 0 Å². The normalized spacial score (nSPS) is 28.2. The van der Waals surface area contributed by atoms with Gasteiger partial charge in [-0.3, -0.25) is 9.80 Å². The van der Waals surface area contributed by atoms with E-state index >= 15 is 0 Å². The average Bonchev–Trinajstić information content (AvgIpc) is 2.80. The van der Waals surface area contributed by atoms with Gasteiger partial charge in [-0.2, -0.15) is 0 Å². The molecule has 0 aromatic heterocycles. The second-order valence-electron chi connectivity index (χ2n) is 5.59.